The molecule has 2 aromatic rings. The molecule has 28 heavy (non-hydrogen) atoms. The van der Waals surface area contributed by atoms with Crippen LogP contribution in [0.1, 0.15) is 41.6 Å². The molecule has 0 unspecified atom stereocenters. The van der Waals surface area contributed by atoms with Crippen molar-refractivity contribution in [2.24, 2.45) is 5.92 Å². The summed E-state index contributed by atoms with van der Waals surface area (Å²) in [5, 5.41) is 0.953. The van der Waals surface area contributed by atoms with Crippen molar-refractivity contribution >= 4 is 39.0 Å². The van der Waals surface area contributed by atoms with E-state index in [1.807, 2.05) is 0 Å². The number of nitrogens with two attached hydrogens (primary N) is 1. The summed E-state index contributed by atoms with van der Waals surface area (Å²) in [5.74, 6) is 1.11. The maximum Gasteiger partial charge on any atom is 0.350 e. The maximum absolute atomic E-state index is 12.4. The second kappa shape index (κ2) is 7.85. The largest absolute Gasteiger partial charge is 0.462 e. The van der Waals surface area contributed by atoms with Crippen LogP contribution in [0.5, 0.6) is 0 Å². The molecule has 0 spiro atoms. The molecule has 2 aliphatic heterocycles. The summed E-state index contributed by atoms with van der Waals surface area (Å²) in [7, 11) is 0. The fourth-order valence-corrected chi connectivity index (χ4v) is 5.01. The first-order valence-electron chi connectivity index (χ1n) is 9.91. The van der Waals surface area contributed by atoms with E-state index >= 15 is 0 Å². The van der Waals surface area contributed by atoms with Crippen molar-refractivity contribution in [1.82, 2.24) is 0 Å². The molecule has 0 amide bonds. The van der Waals surface area contributed by atoms with E-state index in [1.165, 1.54) is 16.9 Å². The zero-order chi connectivity index (χ0) is 19.8. The van der Waals surface area contributed by atoms with Crippen LogP contribution in [0.4, 0.5) is 11.5 Å². The molecule has 1 atom stereocenters. The standard InChI is InChI=1S/C20H27N3O4S/c1-4-26-20(24)17-16(21)15-12-9-14(11(2)3)27-10-13(12)18(22-19(15)28-17)23-5-7-25-8-6-23/h11,14H,4-10,21H2,1-3H3/p+1/t14-/m0/s1. The smallest absolute Gasteiger partial charge is 0.350 e. The highest BCUT2D eigenvalue weighted by Crippen LogP contribution is 2.41. The monoisotopic (exact) mass is 406 g/mol. The first-order chi connectivity index (χ1) is 13.5. The fourth-order valence-electron chi connectivity index (χ4n) is 3.97. The summed E-state index contributed by atoms with van der Waals surface area (Å²) in [6.45, 7) is 10.1. The number of ether oxygens (including phenoxy) is 3. The molecule has 3 N–H and O–H groups in total. The third kappa shape index (κ3) is 3.33. The summed E-state index contributed by atoms with van der Waals surface area (Å²) in [4.78, 5) is 19.7. The Morgan fingerprint density at radius 2 is 2.11 bits per heavy atom. The second-order valence-electron chi connectivity index (χ2n) is 7.60. The lowest BCUT2D eigenvalue weighted by Gasteiger charge is -2.31. The number of nitrogens with one attached hydrogen (secondary N) is 1. The van der Waals surface area contributed by atoms with E-state index in [-0.39, 0.29) is 12.1 Å². The summed E-state index contributed by atoms with van der Waals surface area (Å²) in [5.41, 5.74) is 9.32. The molecule has 1 fully saturated rings. The molecule has 4 rings (SSSR count). The molecule has 0 saturated carbocycles. The van der Waals surface area contributed by atoms with Gasteiger partial charge in [-0.15, -0.1) is 0 Å². The van der Waals surface area contributed by atoms with E-state index in [9.17, 15) is 4.79 Å². The van der Waals surface area contributed by atoms with Crippen LogP contribution in [0.25, 0.3) is 10.2 Å². The van der Waals surface area contributed by atoms with Crippen molar-refractivity contribution in [1.29, 1.82) is 0 Å². The molecule has 0 bridgehead atoms. The van der Waals surface area contributed by atoms with Gasteiger partial charge in [0.05, 0.1) is 49.2 Å². The molecule has 7 nitrogen and oxygen atoms in total. The molecule has 8 heteroatoms. The van der Waals surface area contributed by atoms with Crippen LogP contribution in [0, 0.1) is 5.92 Å². The van der Waals surface area contributed by atoms with Gasteiger partial charge in [0.2, 0.25) is 0 Å². The Morgan fingerprint density at radius 1 is 1.36 bits per heavy atom. The first-order valence-corrected chi connectivity index (χ1v) is 10.7. The van der Waals surface area contributed by atoms with Crippen molar-refractivity contribution in [3.63, 3.8) is 0 Å². The Labute approximate surface area is 168 Å². The number of morpholine rings is 1. The molecule has 0 aliphatic carbocycles. The molecule has 2 aromatic heterocycles. The van der Waals surface area contributed by atoms with Gasteiger partial charge in [0, 0.05) is 6.42 Å². The number of anilines is 2. The predicted octanol–water partition coefficient (Wildman–Crippen LogP) is 2.41. The number of nitrogens with zero attached hydrogens (tertiary/aromatic N) is 1. The third-order valence-electron chi connectivity index (χ3n) is 5.51. The Kier molecular flexibility index (Phi) is 5.44. The van der Waals surface area contributed by atoms with Gasteiger partial charge in [0.1, 0.15) is 18.0 Å². The Bertz CT molecular complexity index is 889. The molecular formula is C20H28N3O4S+. The van der Waals surface area contributed by atoms with E-state index < -0.39 is 0 Å². The van der Waals surface area contributed by atoms with Crippen LogP contribution in [-0.2, 0) is 27.2 Å². The van der Waals surface area contributed by atoms with Crippen LogP contribution in [0.15, 0.2) is 0 Å². The van der Waals surface area contributed by atoms with Gasteiger partial charge in [-0.05, 0) is 18.4 Å². The van der Waals surface area contributed by atoms with E-state index in [0.29, 0.717) is 42.9 Å². The Morgan fingerprint density at radius 3 is 2.79 bits per heavy atom. The number of aromatic nitrogens is 1. The zero-order valence-corrected chi connectivity index (χ0v) is 17.5. The van der Waals surface area contributed by atoms with Gasteiger partial charge < -0.3 is 19.9 Å². The molecule has 152 valence electrons. The van der Waals surface area contributed by atoms with Crippen LogP contribution >= 0.6 is 11.3 Å². The lowest BCUT2D eigenvalue weighted by atomic mass is 9.91. The van der Waals surface area contributed by atoms with Crippen molar-refractivity contribution in [3.8, 4) is 0 Å². The summed E-state index contributed by atoms with van der Waals surface area (Å²) in [6, 6.07) is 0. The minimum absolute atomic E-state index is 0.140. The fraction of sp³-hybridized carbons (Fsp3) is 0.600. The van der Waals surface area contributed by atoms with Gasteiger partial charge in [0.15, 0.2) is 4.83 Å². The normalized spacial score (nSPS) is 19.9. The van der Waals surface area contributed by atoms with E-state index in [1.54, 1.807) is 6.92 Å². The van der Waals surface area contributed by atoms with Crippen LogP contribution in [0.3, 0.4) is 0 Å². The van der Waals surface area contributed by atoms with Gasteiger partial charge in [-0.1, -0.05) is 25.2 Å². The quantitative estimate of drug-likeness (QED) is 0.785. The predicted molar refractivity (Wildman–Crippen MR) is 109 cm³/mol. The summed E-state index contributed by atoms with van der Waals surface area (Å²) < 4.78 is 16.9. The Hall–Kier alpha value is -1.90. The highest BCUT2D eigenvalue weighted by Gasteiger charge is 2.35. The molecule has 0 radical (unpaired) electrons. The number of aromatic amines is 1. The summed E-state index contributed by atoms with van der Waals surface area (Å²) >= 11 is 1.38. The van der Waals surface area contributed by atoms with Crippen molar-refractivity contribution in [2.45, 2.75) is 39.9 Å². The van der Waals surface area contributed by atoms with Gasteiger partial charge in [-0.2, -0.15) is 0 Å². The average Bonchev–Trinajstić information content (AvgIpc) is 3.04. The van der Waals surface area contributed by atoms with Crippen molar-refractivity contribution in [2.75, 3.05) is 43.5 Å². The SMILES string of the molecule is CCOC(=O)c1sc2[nH+]c(N3CCOCC3)c3c(c2c1N)C[C@@H](C(C)C)OC3. The van der Waals surface area contributed by atoms with Crippen LogP contribution < -0.4 is 15.6 Å². The van der Waals surface area contributed by atoms with Gasteiger partial charge in [0.25, 0.3) is 5.82 Å². The maximum atomic E-state index is 12.4. The van der Waals surface area contributed by atoms with Gasteiger partial charge in [-0.25, -0.2) is 9.78 Å². The molecule has 0 aromatic carbocycles. The van der Waals surface area contributed by atoms with Crippen molar-refractivity contribution < 1.29 is 24.0 Å². The summed E-state index contributed by atoms with van der Waals surface area (Å²) in [6.07, 6.45) is 0.930. The molecule has 2 aliphatic rings. The number of hydrogen-bond acceptors (Lipinski definition) is 7. The molecular weight excluding hydrogens is 378 g/mol. The zero-order valence-electron chi connectivity index (χ0n) is 16.7. The lowest BCUT2D eigenvalue weighted by Crippen LogP contribution is -2.41. The number of carbonyl (C=O) groups excluding carboxylic acids is 1. The number of esters is 1. The highest BCUT2D eigenvalue weighted by molar-refractivity contribution is 7.20. The number of pyridine rings is 1. The number of H-pyrrole nitrogens is 1. The van der Waals surface area contributed by atoms with Crippen LogP contribution in [0.2, 0.25) is 0 Å². The number of rotatable bonds is 4. The average molecular weight is 407 g/mol. The van der Waals surface area contributed by atoms with Crippen LogP contribution in [-0.4, -0.2) is 45.0 Å². The van der Waals surface area contributed by atoms with E-state index in [0.717, 1.165) is 41.1 Å². The molecule has 4 heterocycles. The Balaban J connectivity index is 1.88. The molecule has 1 saturated heterocycles. The number of hydrogen-bond donors (Lipinski definition) is 1. The number of nitrogen functional groups attached to an aromatic ring is 1. The highest BCUT2D eigenvalue weighted by atomic mass is 32.1. The first kappa shape index (κ1) is 19.4. The van der Waals surface area contributed by atoms with E-state index in [2.05, 4.69) is 23.7 Å². The number of thiophene rings is 1. The third-order valence-corrected chi connectivity index (χ3v) is 6.61. The lowest BCUT2D eigenvalue weighted by molar-refractivity contribution is -0.329. The van der Waals surface area contributed by atoms with Gasteiger partial charge >= 0.3 is 5.97 Å². The van der Waals surface area contributed by atoms with Gasteiger partial charge in [-0.3, -0.25) is 4.90 Å². The van der Waals surface area contributed by atoms with Crippen molar-refractivity contribution in [3.05, 3.63) is 16.0 Å². The van der Waals surface area contributed by atoms with E-state index in [4.69, 9.17) is 19.9 Å². The topological polar surface area (TPSA) is 88.2 Å². The number of carbonyl (C=O) groups is 1. The minimum atomic E-state index is -0.358. The number of fused-ring (bicyclic) bond motifs is 3. The second-order valence-corrected chi connectivity index (χ2v) is 8.62. The minimum Gasteiger partial charge on any atom is -0.462 e.